The molecule has 1 fully saturated rings. The number of carbonyl (C=O) groups excluding carboxylic acids is 3. The summed E-state index contributed by atoms with van der Waals surface area (Å²) >= 11 is 1.44. The first kappa shape index (κ1) is 25.8. The molecule has 1 atom stereocenters. The van der Waals surface area contributed by atoms with E-state index in [9.17, 15) is 14.4 Å². The molecule has 0 spiro atoms. The average Bonchev–Trinajstić information content (AvgIpc) is 3.24. The fraction of sp³-hybridized carbons (Fsp3) is 0.462. The van der Waals surface area contributed by atoms with Crippen molar-refractivity contribution < 1.29 is 23.9 Å². The maximum absolute atomic E-state index is 13.2. The zero-order chi connectivity index (χ0) is 26.0. The van der Waals surface area contributed by atoms with Gasteiger partial charge in [-0.3, -0.25) is 9.59 Å². The molecule has 0 N–H and O–H groups in total. The lowest BCUT2D eigenvalue weighted by atomic mass is 9.93. The van der Waals surface area contributed by atoms with Gasteiger partial charge >= 0.3 is 5.97 Å². The number of esters is 1. The number of rotatable bonds is 6. The van der Waals surface area contributed by atoms with Crippen LogP contribution in [0.2, 0.25) is 0 Å². The number of allylic oxidation sites excluding steroid dienone is 1. The largest absolute Gasteiger partial charge is 0.497 e. The summed E-state index contributed by atoms with van der Waals surface area (Å²) in [6.07, 6.45) is -0.109. The molecule has 3 aliphatic heterocycles. The minimum atomic E-state index is -0.488. The lowest BCUT2D eigenvalue weighted by Gasteiger charge is -2.38. The Morgan fingerprint density at radius 2 is 1.72 bits per heavy atom. The number of methoxy groups -OCH3 is 1. The second-order valence-corrected chi connectivity index (χ2v) is 10.0. The van der Waals surface area contributed by atoms with Crippen molar-refractivity contribution in [2.45, 2.75) is 46.3 Å². The van der Waals surface area contributed by atoms with Crippen LogP contribution >= 0.6 is 11.8 Å². The van der Waals surface area contributed by atoms with Crippen LogP contribution in [-0.2, 0) is 19.1 Å². The van der Waals surface area contributed by atoms with Crippen molar-refractivity contribution in [3.8, 4) is 5.75 Å². The fourth-order valence-corrected chi connectivity index (χ4v) is 5.51. The van der Waals surface area contributed by atoms with E-state index in [1.165, 1.54) is 11.8 Å². The Labute approximate surface area is 215 Å². The van der Waals surface area contributed by atoms with Crippen LogP contribution in [0, 0.1) is 0 Å². The maximum atomic E-state index is 13.2. The number of amidine groups is 1. The molecule has 0 bridgehead atoms. The number of fused-ring (bicyclic) bond motifs is 1. The van der Waals surface area contributed by atoms with E-state index < -0.39 is 12.0 Å². The Balaban J connectivity index is 1.62. The van der Waals surface area contributed by atoms with E-state index in [1.807, 2.05) is 55.3 Å². The van der Waals surface area contributed by atoms with Gasteiger partial charge in [-0.05, 0) is 43.9 Å². The summed E-state index contributed by atoms with van der Waals surface area (Å²) in [6.45, 7) is 9.07. The summed E-state index contributed by atoms with van der Waals surface area (Å²) in [5, 5.41) is 2.65. The van der Waals surface area contributed by atoms with E-state index >= 15 is 0 Å². The molecule has 0 aromatic heterocycles. The van der Waals surface area contributed by atoms with Gasteiger partial charge in [0.25, 0.3) is 0 Å². The standard InChI is InChI=1S/C26H32N4O5S/c1-16(2)35-25(33)23-17(3)27-26-30(24(23)19-6-8-21(34-5)9-7-19)20(15-36-26)14-22(32)29-12-10-28(11-13-29)18(4)31/h6-9,15-16,24H,10-14H2,1-5H3/t24-/m0/s1. The minimum absolute atomic E-state index is 0.0163. The van der Waals surface area contributed by atoms with E-state index in [0.717, 1.165) is 16.4 Å². The van der Waals surface area contributed by atoms with Gasteiger partial charge < -0.3 is 24.2 Å². The normalized spacial score (nSPS) is 19.7. The maximum Gasteiger partial charge on any atom is 0.338 e. The Bertz CT molecular complexity index is 1130. The highest BCUT2D eigenvalue weighted by Crippen LogP contribution is 2.45. The monoisotopic (exact) mass is 512 g/mol. The second kappa shape index (κ2) is 10.8. The zero-order valence-electron chi connectivity index (χ0n) is 21.3. The molecule has 2 amide bonds. The Morgan fingerprint density at radius 3 is 2.31 bits per heavy atom. The first-order valence-corrected chi connectivity index (χ1v) is 12.9. The van der Waals surface area contributed by atoms with E-state index in [-0.39, 0.29) is 24.3 Å². The predicted octanol–water partition coefficient (Wildman–Crippen LogP) is 3.30. The van der Waals surface area contributed by atoms with Gasteiger partial charge in [-0.1, -0.05) is 23.9 Å². The number of carbonyl (C=O) groups is 3. The van der Waals surface area contributed by atoms with Gasteiger partial charge in [0.1, 0.15) is 5.75 Å². The molecule has 1 saturated heterocycles. The van der Waals surface area contributed by atoms with Gasteiger partial charge in [0.05, 0.1) is 36.9 Å². The molecule has 1 aromatic carbocycles. The van der Waals surface area contributed by atoms with Crippen molar-refractivity contribution >= 4 is 34.7 Å². The van der Waals surface area contributed by atoms with Crippen LogP contribution < -0.4 is 4.74 Å². The number of aliphatic imine (C=N–C) groups is 1. The van der Waals surface area contributed by atoms with Crippen LogP contribution in [0.5, 0.6) is 5.75 Å². The van der Waals surface area contributed by atoms with Gasteiger partial charge in [0, 0.05) is 38.8 Å². The van der Waals surface area contributed by atoms with Gasteiger partial charge in [-0.15, -0.1) is 0 Å². The highest BCUT2D eigenvalue weighted by Gasteiger charge is 2.41. The lowest BCUT2D eigenvalue weighted by Crippen LogP contribution is -2.50. The van der Waals surface area contributed by atoms with Crippen molar-refractivity contribution in [1.29, 1.82) is 0 Å². The molecule has 0 saturated carbocycles. The van der Waals surface area contributed by atoms with Gasteiger partial charge in [0.2, 0.25) is 11.8 Å². The van der Waals surface area contributed by atoms with Crippen LogP contribution in [0.1, 0.15) is 45.7 Å². The molecular formula is C26H32N4O5S. The average molecular weight is 513 g/mol. The predicted molar refractivity (Wildman–Crippen MR) is 138 cm³/mol. The molecule has 1 aromatic rings. The van der Waals surface area contributed by atoms with E-state index in [1.54, 1.807) is 23.8 Å². The molecule has 192 valence electrons. The highest BCUT2D eigenvalue weighted by molar-refractivity contribution is 8.16. The number of benzene rings is 1. The number of thioether (sulfide) groups is 1. The molecule has 0 unspecified atom stereocenters. The summed E-state index contributed by atoms with van der Waals surface area (Å²) in [6, 6.07) is 7.07. The summed E-state index contributed by atoms with van der Waals surface area (Å²) in [7, 11) is 1.61. The Hall–Kier alpha value is -3.27. The summed E-state index contributed by atoms with van der Waals surface area (Å²) < 4.78 is 10.9. The second-order valence-electron chi connectivity index (χ2n) is 9.18. The van der Waals surface area contributed by atoms with Crippen molar-refractivity contribution in [3.63, 3.8) is 0 Å². The van der Waals surface area contributed by atoms with E-state index in [2.05, 4.69) is 0 Å². The third kappa shape index (κ3) is 5.28. The number of piperazine rings is 1. The van der Waals surface area contributed by atoms with E-state index in [0.29, 0.717) is 43.2 Å². The third-order valence-corrected chi connectivity index (χ3v) is 7.29. The van der Waals surface area contributed by atoms with Crippen molar-refractivity contribution in [1.82, 2.24) is 14.7 Å². The first-order valence-electron chi connectivity index (χ1n) is 12.0. The topological polar surface area (TPSA) is 91.7 Å². The van der Waals surface area contributed by atoms with Crippen LogP contribution in [0.15, 0.2) is 51.6 Å². The molecule has 0 radical (unpaired) electrons. The highest BCUT2D eigenvalue weighted by atomic mass is 32.2. The van der Waals surface area contributed by atoms with Crippen LogP contribution in [0.25, 0.3) is 0 Å². The van der Waals surface area contributed by atoms with Crippen molar-refractivity contribution in [2.24, 2.45) is 4.99 Å². The molecule has 9 nitrogen and oxygen atoms in total. The fourth-order valence-electron chi connectivity index (χ4n) is 4.55. The van der Waals surface area contributed by atoms with Gasteiger partial charge in [-0.2, -0.15) is 0 Å². The van der Waals surface area contributed by atoms with Crippen LogP contribution in [0.4, 0.5) is 0 Å². The molecular weight excluding hydrogens is 480 g/mol. The Kier molecular flexibility index (Phi) is 7.73. The minimum Gasteiger partial charge on any atom is -0.497 e. The van der Waals surface area contributed by atoms with Crippen molar-refractivity contribution in [3.05, 3.63) is 52.2 Å². The number of nitrogens with zero attached hydrogens (tertiary/aromatic N) is 4. The van der Waals surface area contributed by atoms with Gasteiger partial charge in [0.15, 0.2) is 5.17 Å². The molecule has 3 aliphatic rings. The van der Waals surface area contributed by atoms with Crippen molar-refractivity contribution in [2.75, 3.05) is 33.3 Å². The Morgan fingerprint density at radius 1 is 1.08 bits per heavy atom. The molecule has 4 rings (SSSR count). The van der Waals surface area contributed by atoms with Gasteiger partial charge in [-0.25, -0.2) is 9.79 Å². The summed E-state index contributed by atoms with van der Waals surface area (Å²) in [4.78, 5) is 48.3. The number of hydrogen-bond donors (Lipinski definition) is 0. The molecule has 10 heteroatoms. The molecule has 3 heterocycles. The van der Waals surface area contributed by atoms with E-state index in [4.69, 9.17) is 14.5 Å². The summed E-state index contributed by atoms with van der Waals surface area (Å²) in [5.74, 6) is 0.296. The molecule has 36 heavy (non-hydrogen) atoms. The molecule has 0 aliphatic carbocycles. The SMILES string of the molecule is COc1ccc([C@H]2C(C(=O)OC(C)C)=C(C)N=C3SC=C(CC(=O)N4CCN(C(C)=O)CC4)N32)cc1. The zero-order valence-corrected chi connectivity index (χ0v) is 22.1. The van der Waals surface area contributed by atoms with Crippen LogP contribution in [0.3, 0.4) is 0 Å². The lowest BCUT2D eigenvalue weighted by molar-refractivity contribution is -0.143. The number of hydrogen-bond acceptors (Lipinski definition) is 8. The quantitative estimate of drug-likeness (QED) is 0.540. The number of amides is 2. The summed E-state index contributed by atoms with van der Waals surface area (Å²) in [5.41, 5.74) is 2.70. The van der Waals surface area contributed by atoms with Crippen LogP contribution in [-0.4, -0.2) is 77.0 Å². The first-order chi connectivity index (χ1) is 17.2. The third-order valence-electron chi connectivity index (χ3n) is 6.40. The smallest absolute Gasteiger partial charge is 0.338 e. The number of ether oxygens (including phenoxy) is 2.